The molecule has 2 aromatic heterocycles. The van der Waals surface area contributed by atoms with E-state index in [2.05, 4.69) is 20.3 Å². The molecule has 3 heterocycles. The molecule has 1 aliphatic rings. The Hall–Kier alpha value is -2.46. The van der Waals surface area contributed by atoms with Crippen molar-refractivity contribution in [3.63, 3.8) is 0 Å². The van der Waals surface area contributed by atoms with E-state index in [-0.39, 0.29) is 31.2 Å². The SMILES string of the molecule is CC(C)NCC(O)CN1C(=O)N(Cc2nc3ccc(F)nc3[nH]2)CC1Cc1ccc(Cl)cc1Cl. The number of aliphatic hydroxyl groups excluding tert-OH is 1. The van der Waals surface area contributed by atoms with Crippen LogP contribution in [0, 0.1) is 5.95 Å². The molecule has 0 aliphatic carbocycles. The molecule has 0 bridgehead atoms. The molecule has 8 nitrogen and oxygen atoms in total. The van der Waals surface area contributed by atoms with Crippen molar-refractivity contribution in [1.82, 2.24) is 30.1 Å². The molecule has 2 atom stereocenters. The number of H-pyrrole nitrogens is 1. The van der Waals surface area contributed by atoms with Crippen molar-refractivity contribution >= 4 is 40.4 Å². The minimum absolute atomic E-state index is 0.178. The number of nitrogens with one attached hydrogen (secondary N) is 2. The molecule has 2 amide bonds. The second-order valence-corrected chi connectivity index (χ2v) is 9.65. The Kier molecular flexibility index (Phi) is 7.57. The summed E-state index contributed by atoms with van der Waals surface area (Å²) in [5.74, 6) is -0.0939. The van der Waals surface area contributed by atoms with Crippen LogP contribution < -0.4 is 5.32 Å². The highest BCUT2D eigenvalue weighted by Gasteiger charge is 2.38. The number of benzene rings is 1. The summed E-state index contributed by atoms with van der Waals surface area (Å²) in [7, 11) is 0. The van der Waals surface area contributed by atoms with Gasteiger partial charge >= 0.3 is 6.03 Å². The van der Waals surface area contributed by atoms with Gasteiger partial charge in [-0.3, -0.25) is 0 Å². The Morgan fingerprint density at radius 3 is 2.79 bits per heavy atom. The summed E-state index contributed by atoms with van der Waals surface area (Å²) in [5, 5.41) is 14.8. The normalized spacial score (nSPS) is 17.4. The second kappa shape index (κ2) is 10.4. The smallest absolute Gasteiger partial charge is 0.320 e. The van der Waals surface area contributed by atoms with Crippen LogP contribution in [0.25, 0.3) is 11.2 Å². The van der Waals surface area contributed by atoms with E-state index >= 15 is 0 Å². The van der Waals surface area contributed by atoms with Crippen molar-refractivity contribution in [3.05, 3.63) is 57.7 Å². The highest BCUT2D eigenvalue weighted by Crippen LogP contribution is 2.27. The van der Waals surface area contributed by atoms with Crippen LogP contribution in [0.5, 0.6) is 0 Å². The first-order valence-electron chi connectivity index (χ1n) is 11.1. The Morgan fingerprint density at radius 1 is 1.26 bits per heavy atom. The minimum atomic E-state index is -0.729. The first-order chi connectivity index (χ1) is 16.2. The molecule has 1 aliphatic heterocycles. The first kappa shape index (κ1) is 24.7. The third kappa shape index (κ3) is 5.78. The number of nitrogens with zero attached hydrogens (tertiary/aromatic N) is 4. The number of imidazole rings is 1. The van der Waals surface area contributed by atoms with Gasteiger partial charge in [-0.2, -0.15) is 9.37 Å². The molecule has 0 radical (unpaired) electrons. The lowest BCUT2D eigenvalue weighted by Crippen LogP contribution is -2.45. The molecule has 1 saturated heterocycles. The van der Waals surface area contributed by atoms with Gasteiger partial charge in [-0.1, -0.05) is 43.1 Å². The highest BCUT2D eigenvalue weighted by atomic mass is 35.5. The van der Waals surface area contributed by atoms with Crippen molar-refractivity contribution in [2.75, 3.05) is 19.6 Å². The predicted octanol–water partition coefficient (Wildman–Crippen LogP) is 3.61. The van der Waals surface area contributed by atoms with Gasteiger partial charge in [0.1, 0.15) is 11.3 Å². The van der Waals surface area contributed by atoms with Gasteiger partial charge in [0.05, 0.1) is 18.7 Å². The fourth-order valence-corrected chi connectivity index (χ4v) is 4.57. The summed E-state index contributed by atoms with van der Waals surface area (Å²) in [6.45, 7) is 5.16. The molecule has 3 N–H and O–H groups in total. The number of aromatic amines is 1. The number of carbonyl (C=O) groups is 1. The fraction of sp³-hybridized carbons (Fsp3) is 0.435. The summed E-state index contributed by atoms with van der Waals surface area (Å²) in [6, 6.07) is 7.89. The van der Waals surface area contributed by atoms with Crippen molar-refractivity contribution in [2.45, 2.75) is 45.0 Å². The zero-order valence-corrected chi connectivity index (χ0v) is 20.4. The average Bonchev–Trinajstić information content (AvgIpc) is 3.29. The summed E-state index contributed by atoms with van der Waals surface area (Å²) < 4.78 is 13.4. The number of hydrogen-bond donors (Lipinski definition) is 3. The molecule has 0 saturated carbocycles. The van der Waals surface area contributed by atoms with Crippen molar-refractivity contribution < 1.29 is 14.3 Å². The van der Waals surface area contributed by atoms with Crippen molar-refractivity contribution in [2.24, 2.45) is 0 Å². The van der Waals surface area contributed by atoms with Gasteiger partial charge < -0.3 is 25.2 Å². The molecular weight excluding hydrogens is 482 g/mol. The van der Waals surface area contributed by atoms with E-state index < -0.39 is 12.1 Å². The lowest BCUT2D eigenvalue weighted by Gasteiger charge is -2.26. The lowest BCUT2D eigenvalue weighted by atomic mass is 10.0. The number of hydrogen-bond acceptors (Lipinski definition) is 5. The fourth-order valence-electron chi connectivity index (χ4n) is 4.08. The van der Waals surface area contributed by atoms with Gasteiger partial charge in [0, 0.05) is 35.7 Å². The standard InChI is InChI=1S/C23H27Cl2FN6O2/c1-13(2)27-9-17(33)11-32-16(7-14-3-4-15(24)8-18(14)25)10-31(23(32)34)12-21-28-19-5-6-20(26)29-22(19)30-21/h3-6,8,13,16-17,27,33H,7,9-12H2,1-2H3,(H,28,29,30). The van der Waals surface area contributed by atoms with E-state index in [4.69, 9.17) is 23.2 Å². The molecule has 0 spiro atoms. The summed E-state index contributed by atoms with van der Waals surface area (Å²) >= 11 is 12.4. The monoisotopic (exact) mass is 508 g/mol. The van der Waals surface area contributed by atoms with Crippen LogP contribution in [0.3, 0.4) is 0 Å². The molecular formula is C23H27Cl2FN6O2. The van der Waals surface area contributed by atoms with Crippen LogP contribution in [0.2, 0.25) is 10.0 Å². The Balaban J connectivity index is 1.53. The summed E-state index contributed by atoms with van der Waals surface area (Å²) in [4.78, 5) is 27.9. The average molecular weight is 509 g/mol. The Morgan fingerprint density at radius 2 is 2.06 bits per heavy atom. The number of halogens is 3. The predicted molar refractivity (Wildman–Crippen MR) is 129 cm³/mol. The van der Waals surface area contributed by atoms with Gasteiger partial charge in [-0.15, -0.1) is 0 Å². The topological polar surface area (TPSA) is 97.4 Å². The number of carbonyl (C=O) groups excluding carboxylic acids is 1. The molecule has 11 heteroatoms. The number of rotatable bonds is 9. The molecule has 182 valence electrons. The van der Waals surface area contributed by atoms with E-state index in [0.717, 1.165) is 5.56 Å². The van der Waals surface area contributed by atoms with Gasteiger partial charge in [0.15, 0.2) is 5.65 Å². The lowest BCUT2D eigenvalue weighted by molar-refractivity contribution is 0.112. The van der Waals surface area contributed by atoms with Gasteiger partial charge in [0.25, 0.3) is 0 Å². The minimum Gasteiger partial charge on any atom is -0.390 e. The van der Waals surface area contributed by atoms with Crippen molar-refractivity contribution in [3.8, 4) is 0 Å². The Bertz CT molecular complexity index is 1170. The molecule has 4 rings (SSSR count). The van der Waals surface area contributed by atoms with Crippen LogP contribution in [-0.2, 0) is 13.0 Å². The number of amides is 2. The molecule has 34 heavy (non-hydrogen) atoms. The molecule has 2 unspecified atom stereocenters. The number of aromatic nitrogens is 3. The highest BCUT2D eigenvalue weighted by molar-refractivity contribution is 6.35. The zero-order chi connectivity index (χ0) is 24.4. The largest absolute Gasteiger partial charge is 0.390 e. The van der Waals surface area contributed by atoms with Gasteiger partial charge in [-0.05, 0) is 36.2 Å². The third-order valence-electron chi connectivity index (χ3n) is 5.73. The number of β-amino-alcohol motifs (C(OH)–C–C–N with tert-alkyl or cyclic N) is 1. The summed E-state index contributed by atoms with van der Waals surface area (Å²) in [6.07, 6.45) is -0.219. The maximum atomic E-state index is 13.4. The van der Waals surface area contributed by atoms with E-state index in [0.29, 0.717) is 46.5 Å². The van der Waals surface area contributed by atoms with E-state index in [1.54, 1.807) is 28.0 Å². The van der Waals surface area contributed by atoms with Gasteiger partial charge in [0.2, 0.25) is 5.95 Å². The number of fused-ring (bicyclic) bond motifs is 1. The van der Waals surface area contributed by atoms with Gasteiger partial charge in [-0.25, -0.2) is 9.78 Å². The first-order valence-corrected chi connectivity index (χ1v) is 11.9. The van der Waals surface area contributed by atoms with Crippen LogP contribution in [-0.4, -0.2) is 73.7 Å². The van der Waals surface area contributed by atoms with Crippen molar-refractivity contribution in [1.29, 1.82) is 0 Å². The summed E-state index contributed by atoms with van der Waals surface area (Å²) in [5.41, 5.74) is 1.73. The van der Waals surface area contributed by atoms with Crippen LogP contribution >= 0.6 is 23.2 Å². The van der Waals surface area contributed by atoms with Crippen LogP contribution in [0.15, 0.2) is 30.3 Å². The third-order valence-corrected chi connectivity index (χ3v) is 6.31. The van der Waals surface area contributed by atoms with E-state index in [1.165, 1.54) is 6.07 Å². The number of aliphatic hydroxyl groups is 1. The number of urea groups is 1. The quantitative estimate of drug-likeness (QED) is 0.383. The maximum absolute atomic E-state index is 13.4. The molecule has 3 aromatic rings. The molecule has 1 aromatic carbocycles. The maximum Gasteiger partial charge on any atom is 0.320 e. The molecule has 1 fully saturated rings. The van der Waals surface area contributed by atoms with E-state index in [9.17, 15) is 14.3 Å². The second-order valence-electron chi connectivity index (χ2n) is 8.81. The van der Waals surface area contributed by atoms with E-state index in [1.807, 2.05) is 19.9 Å². The van der Waals surface area contributed by atoms with Crippen LogP contribution in [0.4, 0.5) is 9.18 Å². The van der Waals surface area contributed by atoms with Crippen LogP contribution in [0.1, 0.15) is 25.2 Å². The number of pyridine rings is 1. The zero-order valence-electron chi connectivity index (χ0n) is 18.9. The Labute approximate surface area is 207 Å².